The summed E-state index contributed by atoms with van der Waals surface area (Å²) >= 11 is 0. The molecule has 1 aliphatic rings. The Labute approximate surface area is 164 Å². The number of nitrogens with one attached hydrogen (secondary N) is 1. The number of carbonyl (C=O) groups excluding carboxylic acids is 2. The Kier molecular flexibility index (Phi) is 8.58. The van der Waals surface area contributed by atoms with Gasteiger partial charge in [0.1, 0.15) is 0 Å². The normalized spacial score (nSPS) is 13.7. The van der Waals surface area contributed by atoms with Crippen molar-refractivity contribution in [3.05, 3.63) is 23.8 Å². The first kappa shape index (κ1) is 21.5. The summed E-state index contributed by atoms with van der Waals surface area (Å²) in [6.45, 7) is 3.95. The van der Waals surface area contributed by atoms with Crippen LogP contribution in [0.5, 0.6) is 11.5 Å². The highest BCUT2D eigenvalue weighted by atomic mass is 16.5. The molecular formula is C20H28N2O6. The predicted molar refractivity (Wildman–Crippen MR) is 103 cm³/mol. The Bertz CT molecular complexity index is 685. The van der Waals surface area contributed by atoms with Crippen molar-refractivity contribution in [2.24, 2.45) is 0 Å². The van der Waals surface area contributed by atoms with Crippen molar-refractivity contribution in [2.75, 3.05) is 32.8 Å². The minimum atomic E-state index is -0.895. The molecule has 1 aromatic rings. The van der Waals surface area contributed by atoms with Gasteiger partial charge in [-0.25, -0.2) is 0 Å². The van der Waals surface area contributed by atoms with E-state index in [-0.39, 0.29) is 31.4 Å². The zero-order valence-corrected chi connectivity index (χ0v) is 16.2. The van der Waals surface area contributed by atoms with E-state index >= 15 is 0 Å². The summed E-state index contributed by atoms with van der Waals surface area (Å²) in [6.07, 6.45) is 3.55. The number of carboxylic acids is 1. The first-order valence-corrected chi connectivity index (χ1v) is 9.68. The van der Waals surface area contributed by atoms with Crippen molar-refractivity contribution in [2.45, 2.75) is 39.0 Å². The lowest BCUT2D eigenvalue weighted by Crippen LogP contribution is -2.38. The van der Waals surface area contributed by atoms with Gasteiger partial charge in [-0.2, -0.15) is 0 Å². The molecule has 154 valence electrons. The number of carboxylic acid groups (broad SMARTS) is 1. The van der Waals surface area contributed by atoms with Gasteiger partial charge in [0.15, 0.2) is 18.1 Å². The third-order valence-corrected chi connectivity index (χ3v) is 4.42. The summed E-state index contributed by atoms with van der Waals surface area (Å²) in [5.41, 5.74) is 0.383. The van der Waals surface area contributed by atoms with Crippen molar-refractivity contribution >= 4 is 17.8 Å². The molecule has 0 atom stereocenters. The summed E-state index contributed by atoms with van der Waals surface area (Å²) in [7, 11) is 0. The molecule has 0 radical (unpaired) electrons. The summed E-state index contributed by atoms with van der Waals surface area (Å²) in [5.74, 6) is -0.458. The van der Waals surface area contributed by atoms with E-state index in [1.54, 1.807) is 18.2 Å². The number of piperidine rings is 1. The second-order valence-electron chi connectivity index (χ2n) is 6.58. The molecule has 28 heavy (non-hydrogen) atoms. The zero-order valence-electron chi connectivity index (χ0n) is 16.2. The van der Waals surface area contributed by atoms with E-state index in [1.807, 2.05) is 11.8 Å². The minimum absolute atomic E-state index is 0.00228. The van der Waals surface area contributed by atoms with Gasteiger partial charge in [0.25, 0.3) is 11.8 Å². The number of nitrogens with zero attached hydrogens (tertiary/aromatic N) is 1. The molecule has 0 spiro atoms. The van der Waals surface area contributed by atoms with E-state index in [4.69, 9.17) is 14.6 Å². The molecule has 1 fully saturated rings. The van der Waals surface area contributed by atoms with Crippen LogP contribution >= 0.6 is 0 Å². The quantitative estimate of drug-likeness (QED) is 0.591. The van der Waals surface area contributed by atoms with Gasteiger partial charge in [-0.15, -0.1) is 0 Å². The van der Waals surface area contributed by atoms with Crippen LogP contribution in [0.3, 0.4) is 0 Å². The number of rotatable bonds is 10. The highest BCUT2D eigenvalue weighted by Crippen LogP contribution is 2.28. The lowest BCUT2D eigenvalue weighted by molar-refractivity contribution is -0.137. The molecule has 2 amide bonds. The highest BCUT2D eigenvalue weighted by molar-refractivity contribution is 5.94. The van der Waals surface area contributed by atoms with Gasteiger partial charge in [-0.1, -0.05) is 0 Å². The smallest absolute Gasteiger partial charge is 0.303 e. The van der Waals surface area contributed by atoms with Crippen molar-refractivity contribution in [1.82, 2.24) is 10.2 Å². The van der Waals surface area contributed by atoms with Crippen LogP contribution in [-0.2, 0) is 9.59 Å². The van der Waals surface area contributed by atoms with E-state index < -0.39 is 5.97 Å². The minimum Gasteiger partial charge on any atom is -0.490 e. The maximum atomic E-state index is 12.3. The van der Waals surface area contributed by atoms with E-state index in [2.05, 4.69) is 5.32 Å². The Morgan fingerprint density at radius 1 is 1.11 bits per heavy atom. The van der Waals surface area contributed by atoms with Crippen molar-refractivity contribution in [3.63, 3.8) is 0 Å². The lowest BCUT2D eigenvalue weighted by atomic mass is 10.1. The average Bonchev–Trinajstić information content (AvgIpc) is 2.70. The molecule has 0 aliphatic carbocycles. The van der Waals surface area contributed by atoms with Gasteiger partial charge in [0.2, 0.25) is 0 Å². The van der Waals surface area contributed by atoms with E-state index in [0.717, 1.165) is 32.4 Å². The van der Waals surface area contributed by atoms with Crippen LogP contribution in [0.1, 0.15) is 49.4 Å². The highest BCUT2D eigenvalue weighted by Gasteiger charge is 2.18. The van der Waals surface area contributed by atoms with E-state index in [0.29, 0.717) is 30.1 Å². The molecule has 8 heteroatoms. The Balaban J connectivity index is 1.94. The Morgan fingerprint density at radius 2 is 1.86 bits per heavy atom. The summed E-state index contributed by atoms with van der Waals surface area (Å²) in [5, 5.41) is 11.3. The second-order valence-corrected chi connectivity index (χ2v) is 6.58. The van der Waals surface area contributed by atoms with E-state index in [1.165, 1.54) is 0 Å². The number of carbonyl (C=O) groups is 3. The molecule has 1 aromatic carbocycles. The van der Waals surface area contributed by atoms with Crippen LogP contribution in [0.25, 0.3) is 0 Å². The third kappa shape index (κ3) is 6.75. The number of benzene rings is 1. The maximum Gasteiger partial charge on any atom is 0.303 e. The lowest BCUT2D eigenvalue weighted by Gasteiger charge is -2.26. The fraction of sp³-hybridized carbons (Fsp3) is 0.550. The van der Waals surface area contributed by atoms with Crippen molar-refractivity contribution in [1.29, 1.82) is 0 Å². The van der Waals surface area contributed by atoms with Crippen LogP contribution in [0.4, 0.5) is 0 Å². The molecule has 1 saturated heterocycles. The van der Waals surface area contributed by atoms with Crippen LogP contribution in [-0.4, -0.2) is 60.6 Å². The second kappa shape index (κ2) is 11.2. The predicted octanol–water partition coefficient (Wildman–Crippen LogP) is 2.07. The standard InChI is InChI=1S/C20H28N2O6/c1-2-27-17-13-15(20(26)21-10-6-7-19(24)25)8-9-16(17)28-14-18(23)22-11-4-3-5-12-22/h8-9,13H,2-7,10-12,14H2,1H3,(H,21,26)(H,24,25). The third-order valence-electron chi connectivity index (χ3n) is 4.42. The molecule has 0 saturated carbocycles. The number of ether oxygens (including phenoxy) is 2. The topological polar surface area (TPSA) is 105 Å². The number of aliphatic carboxylic acids is 1. The molecule has 2 rings (SSSR count). The summed E-state index contributed by atoms with van der Waals surface area (Å²) < 4.78 is 11.2. The molecule has 2 N–H and O–H groups in total. The Hall–Kier alpha value is -2.77. The molecule has 0 bridgehead atoms. The van der Waals surface area contributed by atoms with Gasteiger partial charge in [0.05, 0.1) is 6.61 Å². The number of likely N-dealkylation sites (tertiary alicyclic amines) is 1. The summed E-state index contributed by atoms with van der Waals surface area (Å²) in [6, 6.07) is 4.77. The van der Waals surface area contributed by atoms with Gasteiger partial charge in [-0.3, -0.25) is 14.4 Å². The zero-order chi connectivity index (χ0) is 20.4. The largest absolute Gasteiger partial charge is 0.490 e. The number of hydrogen-bond donors (Lipinski definition) is 2. The Morgan fingerprint density at radius 3 is 2.54 bits per heavy atom. The molecule has 1 aliphatic heterocycles. The van der Waals surface area contributed by atoms with Gasteiger partial charge >= 0.3 is 5.97 Å². The SMILES string of the molecule is CCOc1cc(C(=O)NCCCC(=O)O)ccc1OCC(=O)N1CCCCC1. The monoisotopic (exact) mass is 392 g/mol. The van der Waals surface area contributed by atoms with E-state index in [9.17, 15) is 14.4 Å². The molecule has 0 aromatic heterocycles. The van der Waals surface area contributed by atoms with Crippen LogP contribution in [0.2, 0.25) is 0 Å². The fourth-order valence-electron chi connectivity index (χ4n) is 2.95. The maximum absolute atomic E-state index is 12.3. The molecular weight excluding hydrogens is 364 g/mol. The first-order valence-electron chi connectivity index (χ1n) is 9.68. The molecule has 1 heterocycles. The van der Waals surface area contributed by atoms with Crippen LogP contribution in [0.15, 0.2) is 18.2 Å². The molecule has 0 unspecified atom stereocenters. The van der Waals surface area contributed by atoms with Crippen molar-refractivity contribution in [3.8, 4) is 11.5 Å². The van der Waals surface area contributed by atoms with Crippen LogP contribution in [0, 0.1) is 0 Å². The average molecular weight is 392 g/mol. The summed E-state index contributed by atoms with van der Waals surface area (Å²) in [4.78, 5) is 36.8. The van der Waals surface area contributed by atoms with Crippen LogP contribution < -0.4 is 14.8 Å². The number of hydrogen-bond acceptors (Lipinski definition) is 5. The fourth-order valence-corrected chi connectivity index (χ4v) is 2.95. The van der Waals surface area contributed by atoms with Crippen molar-refractivity contribution < 1.29 is 29.0 Å². The first-order chi connectivity index (χ1) is 13.5. The van der Waals surface area contributed by atoms with Gasteiger partial charge in [-0.05, 0) is 50.8 Å². The number of amides is 2. The van der Waals surface area contributed by atoms with Gasteiger partial charge < -0.3 is 24.8 Å². The van der Waals surface area contributed by atoms with Gasteiger partial charge in [0, 0.05) is 31.6 Å². The molecule has 8 nitrogen and oxygen atoms in total.